The van der Waals surface area contributed by atoms with Gasteiger partial charge in [-0.25, -0.2) is 4.39 Å². The molecule has 3 atom stereocenters. The van der Waals surface area contributed by atoms with Crippen molar-refractivity contribution in [2.45, 2.75) is 43.1 Å². The van der Waals surface area contributed by atoms with Crippen molar-refractivity contribution in [1.82, 2.24) is 0 Å². The highest BCUT2D eigenvalue weighted by molar-refractivity contribution is 8.21. The number of rotatable bonds is 2. The molecule has 0 radical (unpaired) electrons. The summed E-state index contributed by atoms with van der Waals surface area (Å²) in [6.45, 7) is 1.84. The van der Waals surface area contributed by atoms with Crippen LogP contribution in [0.4, 0.5) is 10.1 Å². The van der Waals surface area contributed by atoms with Gasteiger partial charge in [0.1, 0.15) is 5.82 Å². The summed E-state index contributed by atoms with van der Waals surface area (Å²) in [6.07, 6.45) is 5.90. The number of benzene rings is 1. The Balaban J connectivity index is 1.48. The molecule has 2 saturated carbocycles. The molecule has 1 amide bonds. The highest BCUT2D eigenvalue weighted by Gasteiger charge is 2.55. The third-order valence-electron chi connectivity index (χ3n) is 5.94. The van der Waals surface area contributed by atoms with E-state index in [-0.39, 0.29) is 17.6 Å². The maximum Gasteiger partial charge on any atom is 0.227 e. The second-order valence-corrected chi connectivity index (χ2v) is 10.4. The van der Waals surface area contributed by atoms with Crippen molar-refractivity contribution in [3.63, 3.8) is 0 Å². The Kier molecular flexibility index (Phi) is 4.59. The van der Waals surface area contributed by atoms with Crippen LogP contribution in [-0.4, -0.2) is 21.5 Å². The zero-order valence-corrected chi connectivity index (χ0v) is 15.6. The van der Waals surface area contributed by atoms with Gasteiger partial charge in [-0.2, -0.15) is 0 Å². The number of hydrogen-bond donors (Lipinski definition) is 1. The van der Waals surface area contributed by atoms with Crippen molar-refractivity contribution < 1.29 is 9.18 Å². The molecule has 4 rings (SSSR count). The summed E-state index contributed by atoms with van der Waals surface area (Å²) in [5.74, 6) is 3.86. The van der Waals surface area contributed by atoms with Gasteiger partial charge < -0.3 is 5.32 Å². The molecule has 2 bridgehead atoms. The van der Waals surface area contributed by atoms with Crippen LogP contribution in [0.2, 0.25) is 0 Å². The van der Waals surface area contributed by atoms with Crippen molar-refractivity contribution in [1.29, 1.82) is 0 Å². The summed E-state index contributed by atoms with van der Waals surface area (Å²) in [4.78, 5) is 12.8. The van der Waals surface area contributed by atoms with Crippen molar-refractivity contribution >= 4 is 35.1 Å². The van der Waals surface area contributed by atoms with Gasteiger partial charge in [0, 0.05) is 23.1 Å². The number of nitrogens with one attached hydrogen (secondary N) is 1. The molecule has 3 fully saturated rings. The van der Waals surface area contributed by atoms with Gasteiger partial charge in [-0.15, -0.1) is 23.5 Å². The number of hydrogen-bond acceptors (Lipinski definition) is 3. The lowest BCUT2D eigenvalue weighted by Gasteiger charge is -2.52. The predicted molar refractivity (Wildman–Crippen MR) is 101 cm³/mol. The van der Waals surface area contributed by atoms with E-state index in [4.69, 9.17) is 0 Å². The number of aryl methyl sites for hydroxylation is 1. The minimum atomic E-state index is -0.255. The number of carbonyl (C=O) groups excluding carboxylic acids is 1. The zero-order valence-electron chi connectivity index (χ0n) is 14.0. The van der Waals surface area contributed by atoms with Gasteiger partial charge in [0.2, 0.25) is 5.91 Å². The van der Waals surface area contributed by atoms with E-state index < -0.39 is 0 Å². The molecule has 2 nitrogen and oxygen atoms in total. The average Bonchev–Trinajstić information content (AvgIpc) is 2.99. The molecule has 3 aliphatic rings. The highest BCUT2D eigenvalue weighted by Crippen LogP contribution is 2.64. The predicted octanol–water partition coefficient (Wildman–Crippen LogP) is 5.08. The van der Waals surface area contributed by atoms with Crippen LogP contribution in [0.5, 0.6) is 0 Å². The minimum Gasteiger partial charge on any atom is -0.326 e. The molecule has 1 aromatic carbocycles. The first-order valence-electron chi connectivity index (χ1n) is 8.93. The molecule has 5 heteroatoms. The largest absolute Gasteiger partial charge is 0.326 e. The lowest BCUT2D eigenvalue weighted by molar-refractivity contribution is -0.122. The maximum absolute atomic E-state index is 13.2. The van der Waals surface area contributed by atoms with Crippen LogP contribution in [-0.2, 0) is 4.79 Å². The Morgan fingerprint density at radius 1 is 1.21 bits per heavy atom. The molecule has 130 valence electrons. The van der Waals surface area contributed by atoms with Crippen LogP contribution in [0.1, 0.15) is 37.7 Å². The standard InChI is InChI=1S/C19H24FNOS2/c1-12-9-16(20)5-6-17(12)21-18(22)13-10-14-3-2-4-15(11-13)19(14)23-7-8-24-19/h5-6,9,13-15H,2-4,7-8,10-11H2,1H3,(H,21,22)/t13?,14-,15+. The van der Waals surface area contributed by atoms with Crippen LogP contribution in [0.15, 0.2) is 18.2 Å². The summed E-state index contributed by atoms with van der Waals surface area (Å²) < 4.78 is 13.7. The number of carbonyl (C=O) groups is 1. The van der Waals surface area contributed by atoms with E-state index in [0.29, 0.717) is 15.9 Å². The van der Waals surface area contributed by atoms with Crippen LogP contribution in [0.3, 0.4) is 0 Å². The number of anilines is 1. The molecule has 1 heterocycles. The van der Waals surface area contributed by atoms with Gasteiger partial charge in [0.15, 0.2) is 0 Å². The molecule has 2 aliphatic carbocycles. The first-order valence-corrected chi connectivity index (χ1v) is 10.9. The van der Waals surface area contributed by atoms with E-state index in [9.17, 15) is 9.18 Å². The van der Waals surface area contributed by atoms with E-state index in [0.717, 1.165) is 24.1 Å². The van der Waals surface area contributed by atoms with Gasteiger partial charge in [-0.05, 0) is 68.2 Å². The molecule has 1 aliphatic heterocycles. The molecule has 0 aromatic heterocycles. The van der Waals surface area contributed by atoms with Crippen molar-refractivity contribution in [3.8, 4) is 0 Å². The normalized spacial score (nSPS) is 31.2. The summed E-state index contributed by atoms with van der Waals surface area (Å²) in [5, 5.41) is 3.06. The third kappa shape index (κ3) is 2.88. The van der Waals surface area contributed by atoms with Crippen LogP contribution >= 0.6 is 23.5 Å². The fourth-order valence-corrected chi connectivity index (χ4v) is 8.76. The second kappa shape index (κ2) is 6.56. The summed E-state index contributed by atoms with van der Waals surface area (Å²) >= 11 is 4.34. The van der Waals surface area contributed by atoms with Crippen LogP contribution < -0.4 is 5.32 Å². The van der Waals surface area contributed by atoms with Crippen molar-refractivity contribution in [2.75, 3.05) is 16.8 Å². The first-order chi connectivity index (χ1) is 11.6. The molecule has 1 aromatic rings. The fourth-order valence-electron chi connectivity index (χ4n) is 4.83. The van der Waals surface area contributed by atoms with E-state index >= 15 is 0 Å². The zero-order chi connectivity index (χ0) is 16.7. The summed E-state index contributed by atoms with van der Waals surface area (Å²) in [7, 11) is 0. The third-order valence-corrected chi connectivity index (χ3v) is 9.95. The first kappa shape index (κ1) is 16.8. The van der Waals surface area contributed by atoms with E-state index in [1.54, 1.807) is 6.07 Å². The van der Waals surface area contributed by atoms with Crippen LogP contribution in [0, 0.1) is 30.5 Å². The van der Waals surface area contributed by atoms with Gasteiger partial charge in [-0.1, -0.05) is 6.42 Å². The van der Waals surface area contributed by atoms with Crippen molar-refractivity contribution in [2.24, 2.45) is 17.8 Å². The maximum atomic E-state index is 13.2. The lowest BCUT2D eigenvalue weighted by Crippen LogP contribution is -2.48. The molecule has 1 saturated heterocycles. The monoisotopic (exact) mass is 365 g/mol. The quantitative estimate of drug-likeness (QED) is 0.793. The van der Waals surface area contributed by atoms with Crippen LogP contribution in [0.25, 0.3) is 0 Å². The summed E-state index contributed by atoms with van der Waals surface area (Å²) in [6, 6.07) is 4.57. The number of amides is 1. The molecular weight excluding hydrogens is 341 g/mol. The molecule has 1 unspecified atom stereocenters. The summed E-state index contributed by atoms with van der Waals surface area (Å²) in [5.41, 5.74) is 1.54. The molecule has 1 N–H and O–H groups in total. The van der Waals surface area contributed by atoms with Crippen molar-refractivity contribution in [3.05, 3.63) is 29.6 Å². The lowest BCUT2D eigenvalue weighted by atomic mass is 9.67. The Labute approximate surface area is 151 Å². The molecule has 24 heavy (non-hydrogen) atoms. The molecule has 1 spiro atoms. The Hall–Kier alpha value is -0.680. The minimum absolute atomic E-state index is 0.108. The Bertz CT molecular complexity index is 628. The highest BCUT2D eigenvalue weighted by atomic mass is 32.2. The number of thioether (sulfide) groups is 2. The Morgan fingerprint density at radius 3 is 2.50 bits per heavy atom. The van der Waals surface area contributed by atoms with Gasteiger partial charge in [-0.3, -0.25) is 4.79 Å². The van der Waals surface area contributed by atoms with Gasteiger partial charge in [0.25, 0.3) is 0 Å². The van der Waals surface area contributed by atoms with Gasteiger partial charge >= 0.3 is 0 Å². The van der Waals surface area contributed by atoms with E-state index in [1.807, 2.05) is 6.92 Å². The molecular formula is C19H24FNOS2. The average molecular weight is 366 g/mol. The number of halogens is 1. The SMILES string of the molecule is Cc1cc(F)ccc1NC(=O)C1C[C@H]2CCC[C@@H](C1)C21SCCS1. The van der Waals surface area contributed by atoms with Gasteiger partial charge in [0.05, 0.1) is 4.08 Å². The smallest absolute Gasteiger partial charge is 0.227 e. The van der Waals surface area contributed by atoms with E-state index in [2.05, 4.69) is 28.8 Å². The van der Waals surface area contributed by atoms with E-state index in [1.165, 1.54) is 42.9 Å². The second-order valence-electron chi connectivity index (χ2n) is 7.36. The topological polar surface area (TPSA) is 29.1 Å². The fraction of sp³-hybridized carbons (Fsp3) is 0.632. The Morgan fingerprint density at radius 2 is 1.88 bits per heavy atom.